The van der Waals surface area contributed by atoms with Gasteiger partial charge in [-0.3, -0.25) is 9.10 Å². The second-order valence-electron chi connectivity index (χ2n) is 7.49. The molecule has 2 rings (SSSR count). The number of hydrogen-bond acceptors (Lipinski definition) is 4. The van der Waals surface area contributed by atoms with Crippen LogP contribution in [0.4, 0.5) is 5.69 Å². The van der Waals surface area contributed by atoms with E-state index in [9.17, 15) is 13.2 Å². The molecule has 0 aromatic heterocycles. The molecule has 164 valence electrons. The lowest BCUT2D eigenvalue weighted by molar-refractivity contribution is -0.121. The van der Waals surface area contributed by atoms with Crippen molar-refractivity contribution in [2.45, 2.75) is 46.6 Å². The number of nitrogens with one attached hydrogen (secondary N) is 1. The van der Waals surface area contributed by atoms with Gasteiger partial charge < -0.3 is 10.1 Å². The van der Waals surface area contributed by atoms with Gasteiger partial charge in [0.25, 0.3) is 0 Å². The molecule has 0 aliphatic heterocycles. The van der Waals surface area contributed by atoms with Crippen molar-refractivity contribution in [3.63, 3.8) is 0 Å². The Morgan fingerprint density at radius 1 is 1.17 bits per heavy atom. The molecule has 6 nitrogen and oxygen atoms in total. The number of aryl methyl sites for hydroxylation is 2. The molecule has 1 N–H and O–H groups in total. The Bertz CT molecular complexity index is 973. The molecular formula is C23H32N2O4S. The van der Waals surface area contributed by atoms with Crippen LogP contribution in [0.5, 0.6) is 5.75 Å². The van der Waals surface area contributed by atoms with Gasteiger partial charge in [0.15, 0.2) is 0 Å². The van der Waals surface area contributed by atoms with Gasteiger partial charge in [-0.05, 0) is 57.4 Å². The van der Waals surface area contributed by atoms with Crippen molar-refractivity contribution in [2.24, 2.45) is 0 Å². The minimum Gasteiger partial charge on any atom is -0.492 e. The minimum atomic E-state index is -3.51. The molecular weight excluding hydrogens is 400 g/mol. The average Bonchev–Trinajstić information content (AvgIpc) is 2.65. The summed E-state index contributed by atoms with van der Waals surface area (Å²) in [7, 11) is -3.51. The van der Waals surface area contributed by atoms with E-state index in [2.05, 4.69) is 11.4 Å². The number of para-hydroxylation sites is 2. The van der Waals surface area contributed by atoms with Crippen LogP contribution in [0.1, 0.15) is 49.4 Å². The fourth-order valence-electron chi connectivity index (χ4n) is 3.49. The maximum atomic E-state index is 12.4. The Morgan fingerprint density at radius 3 is 2.50 bits per heavy atom. The van der Waals surface area contributed by atoms with Crippen LogP contribution in [0.2, 0.25) is 0 Å². The molecule has 2 aromatic carbocycles. The zero-order valence-corrected chi connectivity index (χ0v) is 19.3. The molecule has 1 atom stereocenters. The number of amides is 1. The van der Waals surface area contributed by atoms with E-state index in [0.29, 0.717) is 24.5 Å². The van der Waals surface area contributed by atoms with Crippen molar-refractivity contribution in [1.29, 1.82) is 0 Å². The highest BCUT2D eigenvalue weighted by atomic mass is 32.2. The largest absolute Gasteiger partial charge is 0.492 e. The molecule has 0 bridgehead atoms. The predicted octanol–water partition coefficient (Wildman–Crippen LogP) is 4.13. The first-order valence-corrected chi connectivity index (χ1v) is 12.0. The fourth-order valence-corrected chi connectivity index (χ4v) is 4.46. The van der Waals surface area contributed by atoms with Crippen LogP contribution in [-0.2, 0) is 14.8 Å². The van der Waals surface area contributed by atoms with Crippen LogP contribution in [0.25, 0.3) is 0 Å². The second kappa shape index (κ2) is 10.5. The molecule has 0 spiro atoms. The number of rotatable bonds is 10. The Hall–Kier alpha value is -2.54. The van der Waals surface area contributed by atoms with Crippen molar-refractivity contribution < 1.29 is 17.9 Å². The van der Waals surface area contributed by atoms with Crippen LogP contribution >= 0.6 is 0 Å². The summed E-state index contributed by atoms with van der Waals surface area (Å²) in [6.07, 6.45) is 1.80. The molecule has 0 unspecified atom stereocenters. The highest BCUT2D eigenvalue weighted by Gasteiger charge is 2.21. The third-order valence-corrected chi connectivity index (χ3v) is 6.05. The number of ether oxygens (including phenoxy) is 1. The number of hydrogen-bond donors (Lipinski definition) is 1. The quantitative estimate of drug-likeness (QED) is 0.613. The molecule has 30 heavy (non-hydrogen) atoms. The van der Waals surface area contributed by atoms with Gasteiger partial charge in [-0.25, -0.2) is 8.42 Å². The molecule has 0 radical (unpaired) electrons. The number of nitrogens with zero attached hydrogens (tertiary/aromatic N) is 1. The van der Waals surface area contributed by atoms with E-state index in [-0.39, 0.29) is 24.9 Å². The van der Waals surface area contributed by atoms with Crippen LogP contribution in [0, 0.1) is 13.8 Å². The molecule has 0 heterocycles. The van der Waals surface area contributed by atoms with Gasteiger partial charge in [0.2, 0.25) is 15.9 Å². The fraction of sp³-hybridized carbons (Fsp3) is 0.435. The number of benzene rings is 2. The third-order valence-electron chi connectivity index (χ3n) is 4.87. The molecule has 0 aliphatic rings. The van der Waals surface area contributed by atoms with Crippen LogP contribution in [-0.4, -0.2) is 33.7 Å². The first-order chi connectivity index (χ1) is 14.1. The lowest BCUT2D eigenvalue weighted by Crippen LogP contribution is -2.33. The van der Waals surface area contributed by atoms with Gasteiger partial charge in [-0.1, -0.05) is 35.9 Å². The lowest BCUT2D eigenvalue weighted by Gasteiger charge is -2.24. The van der Waals surface area contributed by atoms with Crippen molar-refractivity contribution >= 4 is 21.6 Å². The van der Waals surface area contributed by atoms with Gasteiger partial charge in [-0.2, -0.15) is 0 Å². The molecule has 7 heteroatoms. The van der Waals surface area contributed by atoms with E-state index in [1.807, 2.05) is 39.8 Å². The number of sulfonamides is 1. The predicted molar refractivity (Wildman–Crippen MR) is 122 cm³/mol. The van der Waals surface area contributed by atoms with Crippen LogP contribution in [0.15, 0.2) is 42.5 Å². The summed E-state index contributed by atoms with van der Waals surface area (Å²) >= 11 is 0. The maximum absolute atomic E-state index is 12.4. The van der Waals surface area contributed by atoms with Crippen molar-refractivity contribution in [3.8, 4) is 5.75 Å². The van der Waals surface area contributed by atoms with Gasteiger partial charge in [0.05, 0.1) is 24.6 Å². The van der Waals surface area contributed by atoms with E-state index in [4.69, 9.17) is 4.74 Å². The topological polar surface area (TPSA) is 75.7 Å². The Morgan fingerprint density at radius 2 is 1.87 bits per heavy atom. The zero-order valence-electron chi connectivity index (χ0n) is 18.4. The van der Waals surface area contributed by atoms with Gasteiger partial charge in [-0.15, -0.1) is 0 Å². The zero-order chi connectivity index (χ0) is 22.3. The van der Waals surface area contributed by atoms with E-state index in [1.165, 1.54) is 9.87 Å². The van der Waals surface area contributed by atoms with Gasteiger partial charge >= 0.3 is 0 Å². The molecule has 0 fully saturated rings. The summed E-state index contributed by atoms with van der Waals surface area (Å²) in [4.78, 5) is 12.4. The van der Waals surface area contributed by atoms with Crippen molar-refractivity contribution in [1.82, 2.24) is 5.32 Å². The van der Waals surface area contributed by atoms with Gasteiger partial charge in [0, 0.05) is 13.0 Å². The third kappa shape index (κ3) is 6.49. The summed E-state index contributed by atoms with van der Waals surface area (Å²) in [6.45, 7) is 8.52. The molecule has 2 aromatic rings. The Balaban J connectivity index is 2.01. The summed E-state index contributed by atoms with van der Waals surface area (Å²) in [5.41, 5.74) is 3.89. The van der Waals surface area contributed by atoms with Crippen LogP contribution in [0.3, 0.4) is 0 Å². The molecule has 0 aliphatic carbocycles. The molecule has 0 saturated heterocycles. The highest BCUT2D eigenvalue weighted by Crippen LogP contribution is 2.30. The SMILES string of the molecule is CCOc1ccccc1N(CCCC(=O)N[C@H](C)c1ccc(C)cc1C)S(C)(=O)=O. The highest BCUT2D eigenvalue weighted by molar-refractivity contribution is 7.92. The van der Waals surface area contributed by atoms with E-state index >= 15 is 0 Å². The first kappa shape index (κ1) is 23.7. The lowest BCUT2D eigenvalue weighted by atomic mass is 10.00. The summed E-state index contributed by atoms with van der Waals surface area (Å²) in [6, 6.07) is 13.1. The van der Waals surface area contributed by atoms with Crippen LogP contribution < -0.4 is 14.4 Å². The standard InChI is InChI=1S/C23H32N2O4S/c1-6-29-22-11-8-7-10-21(22)25(30(5,27)28)15-9-12-23(26)24-19(4)20-14-13-17(2)16-18(20)3/h7-8,10-11,13-14,16,19H,6,9,12,15H2,1-5H3,(H,24,26)/t19-/m1/s1. The second-order valence-corrected chi connectivity index (χ2v) is 9.40. The summed E-state index contributed by atoms with van der Waals surface area (Å²) in [5, 5.41) is 3.01. The minimum absolute atomic E-state index is 0.103. The van der Waals surface area contributed by atoms with E-state index in [1.54, 1.807) is 24.3 Å². The van der Waals surface area contributed by atoms with Crippen molar-refractivity contribution in [2.75, 3.05) is 23.7 Å². The molecule has 0 saturated carbocycles. The van der Waals surface area contributed by atoms with Crippen molar-refractivity contribution in [3.05, 3.63) is 59.2 Å². The maximum Gasteiger partial charge on any atom is 0.232 e. The summed E-state index contributed by atoms with van der Waals surface area (Å²) < 4.78 is 31.6. The Labute approximate surface area is 180 Å². The number of carbonyl (C=O) groups is 1. The smallest absolute Gasteiger partial charge is 0.232 e. The first-order valence-electron chi connectivity index (χ1n) is 10.2. The summed E-state index contributed by atoms with van der Waals surface area (Å²) in [5.74, 6) is 0.410. The molecule has 1 amide bonds. The van der Waals surface area contributed by atoms with E-state index < -0.39 is 10.0 Å². The van der Waals surface area contributed by atoms with Gasteiger partial charge in [0.1, 0.15) is 5.75 Å². The monoisotopic (exact) mass is 432 g/mol. The average molecular weight is 433 g/mol. The van der Waals surface area contributed by atoms with E-state index in [0.717, 1.165) is 17.4 Å². The number of carbonyl (C=O) groups excluding carboxylic acids is 1. The normalized spacial score (nSPS) is 12.3. The number of anilines is 1. The Kier molecular flexibility index (Phi) is 8.29.